The summed E-state index contributed by atoms with van der Waals surface area (Å²) in [6, 6.07) is 5.22. The maximum atomic E-state index is 11.4. The molecule has 0 aliphatic heterocycles. The number of rotatable bonds is 6. The van der Waals surface area contributed by atoms with Crippen molar-refractivity contribution in [1.82, 2.24) is 5.32 Å². The number of hydrogen-bond donors (Lipinski definition) is 1. The molecule has 0 aromatic heterocycles. The second kappa shape index (κ2) is 7.50. The first-order valence-electron chi connectivity index (χ1n) is 5.80. The topological polar surface area (TPSA) is 47.6 Å². The quantitative estimate of drug-likeness (QED) is 0.619. The van der Waals surface area contributed by atoms with Crippen molar-refractivity contribution in [3.8, 4) is 5.75 Å². The summed E-state index contributed by atoms with van der Waals surface area (Å²) >= 11 is 0. The van der Waals surface area contributed by atoms with E-state index in [1.807, 2.05) is 19.2 Å². The maximum Gasteiger partial charge on any atom is 0.337 e. The third-order valence-electron chi connectivity index (χ3n) is 2.51. The Balaban J connectivity index is 2.91. The lowest BCUT2D eigenvalue weighted by Crippen LogP contribution is -2.05. The van der Waals surface area contributed by atoms with Crippen molar-refractivity contribution in [1.29, 1.82) is 0 Å². The van der Waals surface area contributed by atoms with Gasteiger partial charge in [0, 0.05) is 5.56 Å². The van der Waals surface area contributed by atoms with Crippen molar-refractivity contribution in [3.63, 3.8) is 0 Å². The molecule has 1 aromatic carbocycles. The third-order valence-corrected chi connectivity index (χ3v) is 2.51. The minimum atomic E-state index is -0.345. The molecule has 0 amide bonds. The molecule has 0 aliphatic rings. The number of hydrogen-bond acceptors (Lipinski definition) is 4. The maximum absolute atomic E-state index is 11.4. The van der Waals surface area contributed by atoms with Crippen molar-refractivity contribution >= 4 is 12.0 Å². The van der Waals surface area contributed by atoms with Gasteiger partial charge in [0.25, 0.3) is 0 Å². The molecular weight excluding hydrogens is 230 g/mol. The molecular formula is C14H19NO3. The minimum absolute atomic E-state index is 0.345. The van der Waals surface area contributed by atoms with Crippen LogP contribution in [-0.2, 0) is 4.74 Å². The molecule has 1 N–H and O–H groups in total. The number of benzene rings is 1. The molecule has 4 nitrogen and oxygen atoms in total. The van der Waals surface area contributed by atoms with Crippen molar-refractivity contribution in [2.45, 2.75) is 6.42 Å². The Hall–Kier alpha value is -1.81. The monoisotopic (exact) mass is 249 g/mol. The van der Waals surface area contributed by atoms with Crippen LogP contribution >= 0.6 is 0 Å². The Morgan fingerprint density at radius 2 is 2.17 bits per heavy atom. The van der Waals surface area contributed by atoms with E-state index in [0.717, 1.165) is 24.3 Å². The fraction of sp³-hybridized carbons (Fsp3) is 0.357. The van der Waals surface area contributed by atoms with Gasteiger partial charge in [-0.1, -0.05) is 12.2 Å². The smallest absolute Gasteiger partial charge is 0.337 e. The molecule has 0 fully saturated rings. The third kappa shape index (κ3) is 3.89. The van der Waals surface area contributed by atoms with Crippen LogP contribution in [0.4, 0.5) is 0 Å². The molecule has 1 aromatic rings. The predicted molar refractivity (Wildman–Crippen MR) is 71.9 cm³/mol. The highest BCUT2D eigenvalue weighted by Crippen LogP contribution is 2.21. The van der Waals surface area contributed by atoms with E-state index < -0.39 is 0 Å². The summed E-state index contributed by atoms with van der Waals surface area (Å²) < 4.78 is 9.95. The number of nitrogens with one attached hydrogen (secondary N) is 1. The number of carbonyl (C=O) groups is 1. The Bertz CT molecular complexity index is 427. The molecule has 0 atom stereocenters. The lowest BCUT2D eigenvalue weighted by Gasteiger charge is -2.07. The zero-order chi connectivity index (χ0) is 13.4. The fourth-order valence-corrected chi connectivity index (χ4v) is 1.55. The van der Waals surface area contributed by atoms with Crippen molar-refractivity contribution < 1.29 is 14.3 Å². The summed E-state index contributed by atoms with van der Waals surface area (Å²) in [7, 11) is 4.89. The first kappa shape index (κ1) is 14.3. The van der Waals surface area contributed by atoms with Crippen LogP contribution in [0, 0.1) is 0 Å². The highest BCUT2D eigenvalue weighted by atomic mass is 16.5. The Kier molecular flexibility index (Phi) is 5.94. The van der Waals surface area contributed by atoms with Crippen LogP contribution in [0.1, 0.15) is 22.3 Å². The molecule has 0 aliphatic carbocycles. The second-order valence-corrected chi connectivity index (χ2v) is 3.74. The second-order valence-electron chi connectivity index (χ2n) is 3.74. The van der Waals surface area contributed by atoms with Crippen LogP contribution in [-0.4, -0.2) is 33.8 Å². The largest absolute Gasteiger partial charge is 0.496 e. The number of carbonyl (C=O) groups excluding carboxylic acids is 1. The van der Waals surface area contributed by atoms with Crippen LogP contribution in [0.25, 0.3) is 6.08 Å². The summed E-state index contributed by atoms with van der Waals surface area (Å²) in [4.78, 5) is 11.4. The van der Waals surface area contributed by atoms with Crippen LogP contribution in [0.3, 0.4) is 0 Å². The summed E-state index contributed by atoms with van der Waals surface area (Å²) in [5, 5.41) is 3.06. The van der Waals surface area contributed by atoms with Gasteiger partial charge in [-0.15, -0.1) is 0 Å². The Morgan fingerprint density at radius 1 is 1.39 bits per heavy atom. The van der Waals surface area contributed by atoms with Gasteiger partial charge in [0.05, 0.1) is 19.8 Å². The van der Waals surface area contributed by atoms with E-state index in [1.54, 1.807) is 25.3 Å². The average molecular weight is 249 g/mol. The van der Waals surface area contributed by atoms with Gasteiger partial charge in [-0.05, 0) is 38.2 Å². The molecule has 4 heteroatoms. The van der Waals surface area contributed by atoms with E-state index in [-0.39, 0.29) is 5.97 Å². The normalized spacial score (nSPS) is 10.6. The van der Waals surface area contributed by atoms with Gasteiger partial charge in [0.15, 0.2) is 0 Å². The molecule has 0 heterocycles. The van der Waals surface area contributed by atoms with E-state index in [9.17, 15) is 4.79 Å². The van der Waals surface area contributed by atoms with Crippen LogP contribution in [0.5, 0.6) is 5.75 Å². The van der Waals surface area contributed by atoms with E-state index in [4.69, 9.17) is 9.47 Å². The average Bonchev–Trinajstić information content (AvgIpc) is 2.42. The highest BCUT2D eigenvalue weighted by molar-refractivity contribution is 5.90. The van der Waals surface area contributed by atoms with Crippen molar-refractivity contribution in [3.05, 3.63) is 35.4 Å². The lowest BCUT2D eigenvalue weighted by molar-refractivity contribution is 0.0600. The van der Waals surface area contributed by atoms with Gasteiger partial charge in [0.1, 0.15) is 5.75 Å². The summed E-state index contributed by atoms with van der Waals surface area (Å²) in [5.41, 5.74) is 1.39. The van der Waals surface area contributed by atoms with E-state index in [1.165, 1.54) is 7.11 Å². The first-order valence-corrected chi connectivity index (χ1v) is 5.80. The fourth-order valence-electron chi connectivity index (χ4n) is 1.55. The number of esters is 1. The molecule has 0 radical (unpaired) electrons. The van der Waals surface area contributed by atoms with E-state index >= 15 is 0 Å². The van der Waals surface area contributed by atoms with Gasteiger partial charge in [-0.2, -0.15) is 0 Å². The zero-order valence-electron chi connectivity index (χ0n) is 11.0. The van der Waals surface area contributed by atoms with Gasteiger partial charge in [-0.3, -0.25) is 0 Å². The summed E-state index contributed by atoms with van der Waals surface area (Å²) in [5.74, 6) is 0.394. The zero-order valence-corrected chi connectivity index (χ0v) is 11.0. The standard InChI is InChI=1S/C14H19NO3/c1-15-9-5-4-6-11-10-12(14(16)18-3)7-8-13(11)17-2/h4,6-8,10,15H,5,9H2,1-3H3. The SMILES string of the molecule is CNCCC=Cc1cc(C(=O)OC)ccc1OC. The minimum Gasteiger partial charge on any atom is -0.496 e. The number of methoxy groups -OCH3 is 2. The molecule has 98 valence electrons. The van der Waals surface area contributed by atoms with Crippen LogP contribution < -0.4 is 10.1 Å². The molecule has 0 bridgehead atoms. The highest BCUT2D eigenvalue weighted by Gasteiger charge is 2.08. The van der Waals surface area contributed by atoms with Crippen LogP contribution in [0.15, 0.2) is 24.3 Å². The summed E-state index contributed by atoms with van der Waals surface area (Å²) in [6.07, 6.45) is 4.90. The van der Waals surface area contributed by atoms with Gasteiger partial charge in [0.2, 0.25) is 0 Å². The Labute approximate surface area is 108 Å². The first-order chi connectivity index (χ1) is 8.72. The molecule has 1 rings (SSSR count). The van der Waals surface area contributed by atoms with Crippen molar-refractivity contribution in [2.24, 2.45) is 0 Å². The van der Waals surface area contributed by atoms with Gasteiger partial charge >= 0.3 is 5.97 Å². The molecule has 0 unspecified atom stereocenters. The summed E-state index contributed by atoms with van der Waals surface area (Å²) in [6.45, 7) is 0.912. The van der Waals surface area contributed by atoms with Gasteiger partial charge in [-0.25, -0.2) is 4.79 Å². The lowest BCUT2D eigenvalue weighted by atomic mass is 10.1. The molecule has 0 saturated heterocycles. The number of ether oxygens (including phenoxy) is 2. The van der Waals surface area contributed by atoms with E-state index in [0.29, 0.717) is 5.56 Å². The van der Waals surface area contributed by atoms with Gasteiger partial charge < -0.3 is 14.8 Å². The van der Waals surface area contributed by atoms with E-state index in [2.05, 4.69) is 5.32 Å². The Morgan fingerprint density at radius 3 is 2.78 bits per heavy atom. The van der Waals surface area contributed by atoms with Crippen LogP contribution in [0.2, 0.25) is 0 Å². The molecule has 0 saturated carbocycles. The molecule has 18 heavy (non-hydrogen) atoms. The molecule has 0 spiro atoms. The predicted octanol–water partition coefficient (Wildman–Crippen LogP) is 2.10. The van der Waals surface area contributed by atoms with Crippen molar-refractivity contribution in [2.75, 3.05) is 27.8 Å².